The largest absolute Gasteiger partial charge is 0.314 e. The molecule has 1 fully saturated rings. The lowest BCUT2D eigenvalue weighted by Gasteiger charge is -2.27. The number of benzene rings is 1. The van der Waals surface area contributed by atoms with Gasteiger partial charge in [0.25, 0.3) is 0 Å². The molecule has 1 saturated heterocycles. The van der Waals surface area contributed by atoms with Gasteiger partial charge >= 0.3 is 0 Å². The lowest BCUT2D eigenvalue weighted by Crippen LogP contribution is -2.25. The van der Waals surface area contributed by atoms with Gasteiger partial charge in [-0.3, -0.25) is 0 Å². The number of fused-ring (bicyclic) bond motifs is 1. The highest BCUT2D eigenvalue weighted by Crippen LogP contribution is 2.35. The fourth-order valence-electron chi connectivity index (χ4n) is 3.40. The van der Waals surface area contributed by atoms with E-state index in [0.717, 1.165) is 12.0 Å². The number of aryl methyl sites for hydroxylation is 1. The molecule has 0 aromatic heterocycles. The Morgan fingerprint density at radius 1 is 1.12 bits per heavy atom. The summed E-state index contributed by atoms with van der Waals surface area (Å²) in [4.78, 5) is 0. The minimum absolute atomic E-state index is 0. The van der Waals surface area contributed by atoms with Crippen molar-refractivity contribution in [3.8, 4) is 0 Å². The van der Waals surface area contributed by atoms with Crippen LogP contribution >= 0.6 is 12.4 Å². The minimum atomic E-state index is 0. The molecule has 2 atom stereocenters. The third-order valence-corrected chi connectivity index (χ3v) is 4.23. The molecule has 1 aromatic carbocycles. The van der Waals surface area contributed by atoms with Crippen LogP contribution in [-0.4, -0.2) is 12.6 Å². The Morgan fingerprint density at radius 3 is 2.82 bits per heavy atom. The predicted octanol–water partition coefficient (Wildman–Crippen LogP) is 3.67. The summed E-state index contributed by atoms with van der Waals surface area (Å²) in [5.74, 6) is 0.820. The van der Waals surface area contributed by atoms with Crippen molar-refractivity contribution in [1.82, 2.24) is 5.32 Å². The Kier molecular flexibility index (Phi) is 4.47. The van der Waals surface area contributed by atoms with E-state index >= 15 is 0 Å². The summed E-state index contributed by atoms with van der Waals surface area (Å²) < 4.78 is 0. The van der Waals surface area contributed by atoms with Crippen LogP contribution in [-0.2, 0) is 6.42 Å². The van der Waals surface area contributed by atoms with Gasteiger partial charge in [0.05, 0.1) is 0 Å². The Morgan fingerprint density at radius 2 is 2.00 bits per heavy atom. The zero-order chi connectivity index (χ0) is 10.8. The molecule has 94 valence electrons. The van der Waals surface area contributed by atoms with Crippen LogP contribution in [0.1, 0.15) is 49.1 Å². The molecule has 0 spiro atoms. The average Bonchev–Trinajstić information content (AvgIpc) is 2.82. The molecule has 0 saturated carbocycles. The fourth-order valence-corrected chi connectivity index (χ4v) is 3.40. The van der Waals surface area contributed by atoms with Crippen molar-refractivity contribution in [3.63, 3.8) is 0 Å². The highest BCUT2D eigenvalue weighted by atomic mass is 35.5. The molecule has 1 aliphatic carbocycles. The SMILES string of the molecule is Cl.c1ccc2c(c1)CCCC2CC1CCCN1. The molecule has 2 unspecified atom stereocenters. The van der Waals surface area contributed by atoms with E-state index in [0.29, 0.717) is 0 Å². The fraction of sp³-hybridized carbons (Fsp3) is 0.600. The smallest absolute Gasteiger partial charge is 0.00733 e. The van der Waals surface area contributed by atoms with Gasteiger partial charge in [0.15, 0.2) is 0 Å². The topological polar surface area (TPSA) is 12.0 Å². The van der Waals surface area contributed by atoms with E-state index < -0.39 is 0 Å². The van der Waals surface area contributed by atoms with Crippen LogP contribution in [0.25, 0.3) is 0 Å². The van der Waals surface area contributed by atoms with Gasteiger partial charge in [0.2, 0.25) is 0 Å². The van der Waals surface area contributed by atoms with E-state index in [4.69, 9.17) is 0 Å². The second kappa shape index (κ2) is 5.88. The number of halogens is 1. The van der Waals surface area contributed by atoms with Gasteiger partial charge in [-0.1, -0.05) is 24.3 Å². The quantitative estimate of drug-likeness (QED) is 0.846. The first kappa shape index (κ1) is 12.9. The lowest BCUT2D eigenvalue weighted by atomic mass is 9.79. The summed E-state index contributed by atoms with van der Waals surface area (Å²) in [5, 5.41) is 3.63. The Labute approximate surface area is 110 Å². The number of rotatable bonds is 2. The molecule has 1 aromatic rings. The van der Waals surface area contributed by atoms with Gasteiger partial charge in [-0.05, 0) is 62.1 Å². The third-order valence-electron chi connectivity index (χ3n) is 4.23. The molecule has 1 aliphatic heterocycles. The van der Waals surface area contributed by atoms with E-state index in [1.54, 1.807) is 11.1 Å². The van der Waals surface area contributed by atoms with Crippen LogP contribution in [0.3, 0.4) is 0 Å². The first-order chi connectivity index (χ1) is 7.93. The lowest BCUT2D eigenvalue weighted by molar-refractivity contribution is 0.445. The van der Waals surface area contributed by atoms with Gasteiger partial charge in [0, 0.05) is 6.04 Å². The van der Waals surface area contributed by atoms with Gasteiger partial charge in [-0.25, -0.2) is 0 Å². The van der Waals surface area contributed by atoms with E-state index in [-0.39, 0.29) is 12.4 Å². The van der Waals surface area contributed by atoms with Gasteiger partial charge in [-0.2, -0.15) is 0 Å². The summed E-state index contributed by atoms with van der Waals surface area (Å²) in [7, 11) is 0. The predicted molar refractivity (Wildman–Crippen MR) is 75.0 cm³/mol. The maximum absolute atomic E-state index is 3.63. The first-order valence-corrected chi connectivity index (χ1v) is 6.74. The molecule has 1 heterocycles. The summed E-state index contributed by atoms with van der Waals surface area (Å²) >= 11 is 0. The summed E-state index contributed by atoms with van der Waals surface area (Å²) in [5.41, 5.74) is 3.25. The molecule has 0 amide bonds. The monoisotopic (exact) mass is 251 g/mol. The third kappa shape index (κ3) is 2.83. The molecule has 0 radical (unpaired) electrons. The van der Waals surface area contributed by atoms with Crippen LogP contribution in [0.5, 0.6) is 0 Å². The van der Waals surface area contributed by atoms with Crippen molar-refractivity contribution in [3.05, 3.63) is 35.4 Å². The normalized spacial score (nSPS) is 27.3. The summed E-state index contributed by atoms with van der Waals surface area (Å²) in [6.45, 7) is 1.24. The number of hydrogen-bond donors (Lipinski definition) is 1. The Bertz CT molecular complexity index is 358. The molecule has 2 aliphatic rings. The van der Waals surface area contributed by atoms with E-state index in [9.17, 15) is 0 Å². The molecule has 3 rings (SSSR count). The first-order valence-electron chi connectivity index (χ1n) is 6.74. The maximum Gasteiger partial charge on any atom is 0.00733 e. The van der Waals surface area contributed by atoms with Crippen molar-refractivity contribution in [2.24, 2.45) is 0 Å². The van der Waals surface area contributed by atoms with Gasteiger partial charge in [0.1, 0.15) is 0 Å². The van der Waals surface area contributed by atoms with Gasteiger partial charge in [-0.15, -0.1) is 12.4 Å². The Hall–Kier alpha value is -0.530. The minimum Gasteiger partial charge on any atom is -0.314 e. The van der Waals surface area contributed by atoms with Crippen molar-refractivity contribution in [1.29, 1.82) is 0 Å². The van der Waals surface area contributed by atoms with E-state index in [2.05, 4.69) is 29.6 Å². The van der Waals surface area contributed by atoms with Crippen molar-refractivity contribution in [2.75, 3.05) is 6.54 Å². The molecule has 1 N–H and O–H groups in total. The molecule has 2 heteroatoms. The zero-order valence-electron chi connectivity index (χ0n) is 10.3. The second-order valence-corrected chi connectivity index (χ2v) is 5.32. The average molecular weight is 252 g/mol. The van der Waals surface area contributed by atoms with Crippen molar-refractivity contribution >= 4 is 12.4 Å². The van der Waals surface area contributed by atoms with Crippen LogP contribution < -0.4 is 5.32 Å². The highest BCUT2D eigenvalue weighted by Gasteiger charge is 2.24. The maximum atomic E-state index is 3.63. The highest BCUT2D eigenvalue weighted by molar-refractivity contribution is 5.85. The Balaban J connectivity index is 0.00000108. The van der Waals surface area contributed by atoms with Crippen molar-refractivity contribution in [2.45, 2.75) is 50.5 Å². The van der Waals surface area contributed by atoms with Crippen LogP contribution in [0.2, 0.25) is 0 Å². The summed E-state index contributed by atoms with van der Waals surface area (Å²) in [6.07, 6.45) is 8.20. The zero-order valence-corrected chi connectivity index (χ0v) is 11.1. The number of hydrogen-bond acceptors (Lipinski definition) is 1. The van der Waals surface area contributed by atoms with Crippen LogP contribution in [0.4, 0.5) is 0 Å². The second-order valence-electron chi connectivity index (χ2n) is 5.32. The number of nitrogens with one attached hydrogen (secondary N) is 1. The molecular formula is C15H22ClN. The standard InChI is InChI=1S/C15H21N.ClH/c1-2-9-15-12(5-1)6-3-7-13(15)11-14-8-4-10-16-14;/h1-2,5,9,13-14,16H,3-4,6-8,10-11H2;1H. The van der Waals surface area contributed by atoms with Crippen LogP contribution in [0.15, 0.2) is 24.3 Å². The summed E-state index contributed by atoms with van der Waals surface area (Å²) in [6, 6.07) is 9.86. The van der Waals surface area contributed by atoms with Crippen LogP contribution in [0, 0.1) is 0 Å². The molecular weight excluding hydrogens is 230 g/mol. The molecule has 1 nitrogen and oxygen atoms in total. The molecule has 17 heavy (non-hydrogen) atoms. The van der Waals surface area contributed by atoms with Crippen molar-refractivity contribution < 1.29 is 0 Å². The van der Waals surface area contributed by atoms with E-state index in [1.807, 2.05) is 0 Å². The van der Waals surface area contributed by atoms with Gasteiger partial charge < -0.3 is 5.32 Å². The van der Waals surface area contributed by atoms with E-state index in [1.165, 1.54) is 45.1 Å². The molecule has 0 bridgehead atoms.